The monoisotopic (exact) mass is 338 g/mol. The van der Waals surface area contributed by atoms with Crippen LogP contribution in [0.1, 0.15) is 15.9 Å². The maximum Gasteiger partial charge on any atom is 0.255 e. The minimum absolute atomic E-state index is 0.252. The smallest absolute Gasteiger partial charge is 0.255 e. The highest BCUT2D eigenvalue weighted by Crippen LogP contribution is 2.16. The lowest BCUT2D eigenvalue weighted by Gasteiger charge is -2.09. The highest BCUT2D eigenvalue weighted by atomic mass is 19.1. The Morgan fingerprint density at radius 3 is 2.12 bits per heavy atom. The molecule has 126 valence electrons. The summed E-state index contributed by atoms with van der Waals surface area (Å²) in [6, 6.07) is 19.0. The Hall–Kier alpha value is -3.21. The van der Waals surface area contributed by atoms with Gasteiger partial charge in [0.2, 0.25) is 0 Å². The average Bonchev–Trinajstić information content (AvgIpc) is 2.63. The quantitative estimate of drug-likeness (QED) is 0.700. The molecule has 0 aliphatic carbocycles. The van der Waals surface area contributed by atoms with Crippen LogP contribution in [0.4, 0.5) is 20.2 Å². The number of carbonyl (C=O) groups is 1. The van der Waals surface area contributed by atoms with Gasteiger partial charge in [0.25, 0.3) is 5.91 Å². The fourth-order valence-corrected chi connectivity index (χ4v) is 2.31. The van der Waals surface area contributed by atoms with Crippen LogP contribution in [0.15, 0.2) is 72.8 Å². The normalized spacial score (nSPS) is 10.3. The summed E-state index contributed by atoms with van der Waals surface area (Å²) < 4.78 is 26.5. The molecule has 0 radical (unpaired) electrons. The first kappa shape index (κ1) is 16.6. The molecule has 2 N–H and O–H groups in total. The molecule has 3 aromatic rings. The number of nitrogens with one attached hydrogen (secondary N) is 2. The van der Waals surface area contributed by atoms with E-state index in [4.69, 9.17) is 0 Å². The molecular formula is C20H16F2N2O. The second-order valence-corrected chi connectivity index (χ2v) is 5.48. The first-order chi connectivity index (χ1) is 12.1. The number of amides is 1. The van der Waals surface area contributed by atoms with E-state index in [9.17, 15) is 13.6 Å². The highest BCUT2D eigenvalue weighted by molar-refractivity contribution is 6.04. The van der Waals surface area contributed by atoms with Crippen molar-refractivity contribution in [1.29, 1.82) is 0 Å². The van der Waals surface area contributed by atoms with Crippen molar-refractivity contribution in [3.05, 3.63) is 95.6 Å². The van der Waals surface area contributed by atoms with E-state index in [1.807, 2.05) is 0 Å². The Morgan fingerprint density at radius 2 is 1.44 bits per heavy atom. The van der Waals surface area contributed by atoms with Crippen molar-refractivity contribution in [2.24, 2.45) is 0 Å². The van der Waals surface area contributed by atoms with Crippen LogP contribution in [0.25, 0.3) is 0 Å². The molecule has 0 heterocycles. The molecule has 3 aromatic carbocycles. The van der Waals surface area contributed by atoms with Gasteiger partial charge in [0.1, 0.15) is 11.6 Å². The summed E-state index contributed by atoms with van der Waals surface area (Å²) in [5.74, 6) is -0.952. The van der Waals surface area contributed by atoms with Gasteiger partial charge in [-0.1, -0.05) is 18.2 Å². The number of carbonyl (C=O) groups excluding carboxylic acids is 1. The SMILES string of the molecule is O=C(Nc1ccc(NCc2ccccc2F)cc1)c1ccc(F)cc1. The fraction of sp³-hybridized carbons (Fsp3) is 0.0500. The molecular weight excluding hydrogens is 322 g/mol. The lowest BCUT2D eigenvalue weighted by atomic mass is 10.2. The van der Waals surface area contributed by atoms with E-state index in [-0.39, 0.29) is 17.5 Å². The Kier molecular flexibility index (Phi) is 5.04. The molecule has 0 saturated heterocycles. The number of benzene rings is 3. The van der Waals surface area contributed by atoms with E-state index in [2.05, 4.69) is 10.6 Å². The minimum Gasteiger partial charge on any atom is -0.381 e. The summed E-state index contributed by atoms with van der Waals surface area (Å²) >= 11 is 0. The number of hydrogen-bond acceptors (Lipinski definition) is 2. The van der Waals surface area contributed by atoms with Gasteiger partial charge >= 0.3 is 0 Å². The third-order valence-corrected chi connectivity index (χ3v) is 3.69. The summed E-state index contributed by atoms with van der Waals surface area (Å²) in [6.45, 7) is 0.369. The summed E-state index contributed by atoms with van der Waals surface area (Å²) in [5, 5.41) is 5.86. The number of hydrogen-bond donors (Lipinski definition) is 2. The Labute approximate surface area is 144 Å². The number of anilines is 2. The third kappa shape index (κ3) is 4.41. The number of halogens is 2. The topological polar surface area (TPSA) is 41.1 Å². The second-order valence-electron chi connectivity index (χ2n) is 5.48. The van der Waals surface area contributed by atoms with E-state index in [0.29, 0.717) is 23.4 Å². The average molecular weight is 338 g/mol. The van der Waals surface area contributed by atoms with Gasteiger partial charge in [-0.25, -0.2) is 8.78 Å². The third-order valence-electron chi connectivity index (χ3n) is 3.69. The summed E-state index contributed by atoms with van der Waals surface area (Å²) in [7, 11) is 0. The van der Waals surface area contributed by atoms with E-state index >= 15 is 0 Å². The molecule has 3 rings (SSSR count). The van der Waals surface area contributed by atoms with Crippen LogP contribution in [0.5, 0.6) is 0 Å². The van der Waals surface area contributed by atoms with Gasteiger partial charge < -0.3 is 10.6 Å². The molecule has 0 bridgehead atoms. The van der Waals surface area contributed by atoms with Crippen molar-refractivity contribution < 1.29 is 13.6 Å². The molecule has 0 fully saturated rings. The van der Waals surface area contributed by atoms with Crippen molar-refractivity contribution in [2.45, 2.75) is 6.54 Å². The molecule has 0 unspecified atom stereocenters. The van der Waals surface area contributed by atoms with Gasteiger partial charge in [-0.05, 0) is 54.6 Å². The molecule has 0 saturated carbocycles. The summed E-state index contributed by atoms with van der Waals surface area (Å²) in [4.78, 5) is 12.1. The van der Waals surface area contributed by atoms with E-state index in [1.165, 1.54) is 30.3 Å². The lowest BCUT2D eigenvalue weighted by molar-refractivity contribution is 0.102. The second kappa shape index (κ2) is 7.57. The molecule has 0 aliphatic rings. The maximum absolute atomic E-state index is 13.6. The predicted molar refractivity (Wildman–Crippen MR) is 94.5 cm³/mol. The molecule has 25 heavy (non-hydrogen) atoms. The highest BCUT2D eigenvalue weighted by Gasteiger charge is 2.06. The summed E-state index contributed by atoms with van der Waals surface area (Å²) in [6.07, 6.45) is 0. The Morgan fingerprint density at radius 1 is 0.800 bits per heavy atom. The largest absolute Gasteiger partial charge is 0.381 e. The first-order valence-corrected chi connectivity index (χ1v) is 7.76. The van der Waals surface area contributed by atoms with Crippen molar-refractivity contribution in [3.8, 4) is 0 Å². The molecule has 5 heteroatoms. The van der Waals surface area contributed by atoms with Crippen LogP contribution in [0, 0.1) is 11.6 Å². The van der Waals surface area contributed by atoms with Gasteiger partial charge in [-0.2, -0.15) is 0 Å². The van der Waals surface area contributed by atoms with Gasteiger partial charge in [0.05, 0.1) is 0 Å². The molecule has 0 spiro atoms. The van der Waals surface area contributed by atoms with Crippen LogP contribution in [0.2, 0.25) is 0 Å². The zero-order valence-corrected chi connectivity index (χ0v) is 13.3. The van der Waals surface area contributed by atoms with Crippen LogP contribution >= 0.6 is 0 Å². The molecule has 3 nitrogen and oxygen atoms in total. The molecule has 1 amide bonds. The lowest BCUT2D eigenvalue weighted by Crippen LogP contribution is -2.11. The van der Waals surface area contributed by atoms with Gasteiger partial charge in [0, 0.05) is 29.0 Å². The standard InChI is InChI=1S/C20H16F2N2O/c21-16-7-5-14(6-8-16)20(25)24-18-11-9-17(10-12-18)23-13-15-3-1-2-4-19(15)22/h1-12,23H,13H2,(H,24,25). The van der Waals surface area contributed by atoms with Crippen LogP contribution in [-0.4, -0.2) is 5.91 Å². The van der Waals surface area contributed by atoms with Crippen LogP contribution in [0.3, 0.4) is 0 Å². The van der Waals surface area contributed by atoms with Gasteiger partial charge in [0.15, 0.2) is 0 Å². The molecule has 0 aromatic heterocycles. The zero-order chi connectivity index (χ0) is 17.6. The van der Waals surface area contributed by atoms with Crippen LogP contribution in [-0.2, 0) is 6.54 Å². The summed E-state index contributed by atoms with van der Waals surface area (Å²) in [5.41, 5.74) is 2.38. The molecule has 0 atom stereocenters. The van der Waals surface area contributed by atoms with Crippen LogP contribution < -0.4 is 10.6 Å². The predicted octanol–water partition coefficient (Wildman–Crippen LogP) is 4.83. The van der Waals surface area contributed by atoms with Crippen molar-refractivity contribution in [2.75, 3.05) is 10.6 Å². The van der Waals surface area contributed by atoms with E-state index in [0.717, 1.165) is 5.69 Å². The van der Waals surface area contributed by atoms with E-state index < -0.39 is 0 Å². The Balaban J connectivity index is 1.59. The minimum atomic E-state index is -0.387. The van der Waals surface area contributed by atoms with Gasteiger partial charge in [-0.3, -0.25) is 4.79 Å². The van der Waals surface area contributed by atoms with Gasteiger partial charge in [-0.15, -0.1) is 0 Å². The maximum atomic E-state index is 13.6. The zero-order valence-electron chi connectivity index (χ0n) is 13.3. The molecule has 0 aliphatic heterocycles. The Bertz CT molecular complexity index is 862. The van der Waals surface area contributed by atoms with Crippen molar-refractivity contribution in [1.82, 2.24) is 0 Å². The van der Waals surface area contributed by atoms with Crippen molar-refractivity contribution in [3.63, 3.8) is 0 Å². The first-order valence-electron chi connectivity index (χ1n) is 7.76. The fourth-order valence-electron chi connectivity index (χ4n) is 2.31. The van der Waals surface area contributed by atoms with Crippen molar-refractivity contribution >= 4 is 17.3 Å². The number of rotatable bonds is 5. The van der Waals surface area contributed by atoms with E-state index in [1.54, 1.807) is 42.5 Å².